The lowest BCUT2D eigenvalue weighted by molar-refractivity contribution is 0.829. The Balaban J connectivity index is 1.89. The molecule has 0 aliphatic rings. The SMILES string of the molecule is CC(Nc1cccnc1-n1cncn1)c1ccsc1. The van der Waals surface area contributed by atoms with Gasteiger partial charge in [0, 0.05) is 12.2 Å². The minimum absolute atomic E-state index is 0.220. The molecular formula is C13H13N5S. The standard InChI is InChI=1S/C13H13N5S/c1-10(11-4-6-19-7-11)17-12-3-2-5-15-13(12)18-9-14-8-16-18/h2-10,17H,1H3. The number of hydrogen-bond donors (Lipinski definition) is 1. The lowest BCUT2D eigenvalue weighted by atomic mass is 10.2. The van der Waals surface area contributed by atoms with Crippen molar-refractivity contribution in [2.45, 2.75) is 13.0 Å². The molecule has 0 spiro atoms. The molecule has 5 nitrogen and oxygen atoms in total. The van der Waals surface area contributed by atoms with Gasteiger partial charge in [-0.1, -0.05) is 0 Å². The molecule has 0 saturated heterocycles. The van der Waals surface area contributed by atoms with Gasteiger partial charge in [0.25, 0.3) is 0 Å². The Kier molecular flexibility index (Phi) is 3.24. The second-order valence-corrected chi connectivity index (χ2v) is 4.92. The van der Waals surface area contributed by atoms with E-state index in [0.717, 1.165) is 11.5 Å². The Bertz CT molecular complexity index is 633. The van der Waals surface area contributed by atoms with E-state index >= 15 is 0 Å². The number of hydrogen-bond acceptors (Lipinski definition) is 5. The molecule has 19 heavy (non-hydrogen) atoms. The summed E-state index contributed by atoms with van der Waals surface area (Å²) in [6.07, 6.45) is 4.89. The highest BCUT2D eigenvalue weighted by Crippen LogP contribution is 2.24. The number of thiophene rings is 1. The number of rotatable bonds is 4. The van der Waals surface area contributed by atoms with E-state index in [1.807, 2.05) is 12.1 Å². The van der Waals surface area contributed by atoms with Crippen LogP contribution >= 0.6 is 11.3 Å². The first-order chi connectivity index (χ1) is 9.34. The average Bonchev–Trinajstić information content (AvgIpc) is 3.13. The van der Waals surface area contributed by atoms with Gasteiger partial charge in [0.15, 0.2) is 5.82 Å². The van der Waals surface area contributed by atoms with E-state index in [2.05, 4.69) is 44.1 Å². The molecule has 0 bridgehead atoms. The summed E-state index contributed by atoms with van der Waals surface area (Å²) in [7, 11) is 0. The minimum atomic E-state index is 0.220. The molecule has 96 valence electrons. The third kappa shape index (κ3) is 2.48. The summed E-state index contributed by atoms with van der Waals surface area (Å²) < 4.78 is 1.66. The number of nitrogens with zero attached hydrogens (tertiary/aromatic N) is 4. The topological polar surface area (TPSA) is 55.6 Å². The maximum Gasteiger partial charge on any atom is 0.178 e. The summed E-state index contributed by atoms with van der Waals surface area (Å²) in [6, 6.07) is 6.24. The zero-order valence-corrected chi connectivity index (χ0v) is 11.2. The molecule has 1 unspecified atom stereocenters. The molecule has 1 N–H and O–H groups in total. The molecule has 0 aliphatic heterocycles. The summed E-state index contributed by atoms with van der Waals surface area (Å²) in [5.74, 6) is 0.752. The van der Waals surface area contributed by atoms with Gasteiger partial charge in [-0.2, -0.15) is 16.4 Å². The van der Waals surface area contributed by atoms with Crippen molar-refractivity contribution in [3.63, 3.8) is 0 Å². The van der Waals surface area contributed by atoms with Gasteiger partial charge in [0.2, 0.25) is 0 Å². The predicted octanol–water partition coefficient (Wildman–Crippen LogP) is 2.90. The predicted molar refractivity (Wildman–Crippen MR) is 75.5 cm³/mol. The Morgan fingerprint density at radius 2 is 2.32 bits per heavy atom. The van der Waals surface area contributed by atoms with Crippen LogP contribution in [0.1, 0.15) is 18.5 Å². The van der Waals surface area contributed by atoms with Crippen molar-refractivity contribution in [3.05, 3.63) is 53.4 Å². The van der Waals surface area contributed by atoms with Crippen molar-refractivity contribution in [3.8, 4) is 5.82 Å². The molecule has 6 heteroatoms. The average molecular weight is 271 g/mol. The van der Waals surface area contributed by atoms with Gasteiger partial charge in [-0.15, -0.1) is 0 Å². The molecular weight excluding hydrogens is 258 g/mol. The lowest BCUT2D eigenvalue weighted by Crippen LogP contribution is -2.10. The normalized spacial score (nSPS) is 12.3. The van der Waals surface area contributed by atoms with E-state index in [9.17, 15) is 0 Å². The molecule has 0 saturated carbocycles. The molecule has 3 rings (SSSR count). The van der Waals surface area contributed by atoms with E-state index < -0.39 is 0 Å². The van der Waals surface area contributed by atoms with E-state index in [1.54, 1.807) is 28.5 Å². The maximum absolute atomic E-state index is 4.36. The molecule has 3 heterocycles. The largest absolute Gasteiger partial charge is 0.375 e. The van der Waals surface area contributed by atoms with Crippen LogP contribution in [0.5, 0.6) is 0 Å². The Hall–Kier alpha value is -2.21. The second kappa shape index (κ2) is 5.19. The van der Waals surface area contributed by atoms with Crippen molar-refractivity contribution in [1.29, 1.82) is 0 Å². The van der Waals surface area contributed by atoms with Crippen molar-refractivity contribution >= 4 is 17.0 Å². The molecule has 0 amide bonds. The number of pyridine rings is 1. The van der Waals surface area contributed by atoms with Crippen molar-refractivity contribution in [2.24, 2.45) is 0 Å². The first kappa shape index (κ1) is 11.9. The van der Waals surface area contributed by atoms with Crippen molar-refractivity contribution in [1.82, 2.24) is 19.7 Å². The van der Waals surface area contributed by atoms with Crippen LogP contribution in [0.15, 0.2) is 47.8 Å². The summed E-state index contributed by atoms with van der Waals surface area (Å²) in [6.45, 7) is 2.13. The zero-order chi connectivity index (χ0) is 13.1. The summed E-state index contributed by atoms with van der Waals surface area (Å²) in [5, 5.41) is 11.8. The summed E-state index contributed by atoms with van der Waals surface area (Å²) in [4.78, 5) is 8.31. The number of anilines is 1. The zero-order valence-electron chi connectivity index (χ0n) is 10.4. The van der Waals surface area contributed by atoms with E-state index in [4.69, 9.17) is 0 Å². The molecule has 3 aromatic rings. The maximum atomic E-state index is 4.36. The Morgan fingerprint density at radius 3 is 3.05 bits per heavy atom. The highest BCUT2D eigenvalue weighted by Gasteiger charge is 2.10. The quantitative estimate of drug-likeness (QED) is 0.792. The first-order valence-corrected chi connectivity index (χ1v) is 6.87. The van der Waals surface area contributed by atoms with Gasteiger partial charge in [-0.25, -0.2) is 14.6 Å². The van der Waals surface area contributed by atoms with Gasteiger partial charge in [-0.3, -0.25) is 0 Å². The van der Waals surface area contributed by atoms with Crippen LogP contribution in [-0.4, -0.2) is 19.7 Å². The molecule has 3 aromatic heterocycles. The fourth-order valence-corrected chi connectivity index (χ4v) is 2.60. The van der Waals surface area contributed by atoms with E-state index in [1.165, 1.54) is 11.9 Å². The summed E-state index contributed by atoms with van der Waals surface area (Å²) >= 11 is 1.70. The van der Waals surface area contributed by atoms with Crippen LogP contribution in [0.4, 0.5) is 5.69 Å². The number of nitrogens with one attached hydrogen (secondary N) is 1. The van der Waals surface area contributed by atoms with Crippen LogP contribution in [0.2, 0.25) is 0 Å². The van der Waals surface area contributed by atoms with E-state index in [0.29, 0.717) is 0 Å². The fraction of sp³-hybridized carbons (Fsp3) is 0.154. The third-order valence-corrected chi connectivity index (χ3v) is 3.54. The first-order valence-electron chi connectivity index (χ1n) is 5.93. The van der Waals surface area contributed by atoms with Gasteiger partial charge < -0.3 is 5.32 Å². The molecule has 0 radical (unpaired) electrons. The van der Waals surface area contributed by atoms with Crippen molar-refractivity contribution < 1.29 is 0 Å². The Morgan fingerprint density at radius 1 is 1.37 bits per heavy atom. The third-order valence-electron chi connectivity index (χ3n) is 2.84. The molecule has 0 aliphatic carbocycles. The smallest absolute Gasteiger partial charge is 0.178 e. The van der Waals surface area contributed by atoms with Gasteiger partial charge >= 0.3 is 0 Å². The van der Waals surface area contributed by atoms with E-state index in [-0.39, 0.29) is 6.04 Å². The van der Waals surface area contributed by atoms with Gasteiger partial charge in [0.1, 0.15) is 12.7 Å². The second-order valence-electron chi connectivity index (χ2n) is 4.14. The van der Waals surface area contributed by atoms with Crippen LogP contribution in [-0.2, 0) is 0 Å². The van der Waals surface area contributed by atoms with Crippen LogP contribution in [0.3, 0.4) is 0 Å². The fourth-order valence-electron chi connectivity index (χ4n) is 1.85. The van der Waals surface area contributed by atoms with Gasteiger partial charge in [0.05, 0.1) is 5.69 Å². The minimum Gasteiger partial charge on any atom is -0.375 e. The molecule has 0 aromatic carbocycles. The Labute approximate surface area is 115 Å². The van der Waals surface area contributed by atoms with Crippen LogP contribution < -0.4 is 5.32 Å². The van der Waals surface area contributed by atoms with Crippen molar-refractivity contribution in [2.75, 3.05) is 5.32 Å². The highest BCUT2D eigenvalue weighted by molar-refractivity contribution is 7.07. The number of aromatic nitrogens is 4. The van der Waals surface area contributed by atoms with Gasteiger partial charge in [-0.05, 0) is 41.4 Å². The van der Waals surface area contributed by atoms with Crippen LogP contribution in [0, 0.1) is 0 Å². The monoisotopic (exact) mass is 271 g/mol. The van der Waals surface area contributed by atoms with Crippen LogP contribution in [0.25, 0.3) is 5.82 Å². The molecule has 1 atom stereocenters. The highest BCUT2D eigenvalue weighted by atomic mass is 32.1. The molecule has 0 fully saturated rings. The lowest BCUT2D eigenvalue weighted by Gasteiger charge is -2.16. The summed E-state index contributed by atoms with van der Waals surface area (Å²) in [5.41, 5.74) is 2.20.